The molecule has 0 fully saturated rings. The molecule has 9 heteroatoms. The number of pyridine rings is 1. The van der Waals surface area contributed by atoms with Gasteiger partial charge in [-0.05, 0) is 62.1 Å². The van der Waals surface area contributed by atoms with E-state index in [2.05, 4.69) is 5.32 Å². The maximum atomic E-state index is 13.6. The number of hydrogen-bond donors (Lipinski definition) is 1. The topological polar surface area (TPSA) is 104 Å². The molecule has 8 nitrogen and oxygen atoms in total. The Kier molecular flexibility index (Phi) is 7.84. The third-order valence-electron chi connectivity index (χ3n) is 7.10. The number of thiophene rings is 1. The van der Waals surface area contributed by atoms with Gasteiger partial charge in [-0.2, -0.15) is 0 Å². The molecule has 0 saturated heterocycles. The molecule has 0 aliphatic heterocycles. The molecule has 206 valence electrons. The van der Waals surface area contributed by atoms with Gasteiger partial charge in [0.1, 0.15) is 10.7 Å². The van der Waals surface area contributed by atoms with Crippen LogP contribution in [0.25, 0.3) is 21.9 Å². The zero-order valence-corrected chi connectivity index (χ0v) is 23.4. The van der Waals surface area contributed by atoms with Crippen LogP contribution in [0.4, 0.5) is 5.00 Å². The third kappa shape index (κ3) is 5.04. The van der Waals surface area contributed by atoms with Crippen LogP contribution in [0.5, 0.6) is 0 Å². The number of amides is 1. The van der Waals surface area contributed by atoms with Crippen molar-refractivity contribution in [2.45, 2.75) is 45.6 Å². The number of esters is 2. The van der Waals surface area contributed by atoms with E-state index in [4.69, 9.17) is 9.47 Å². The van der Waals surface area contributed by atoms with Crippen molar-refractivity contribution >= 4 is 45.0 Å². The van der Waals surface area contributed by atoms with E-state index in [1.54, 1.807) is 31.2 Å². The normalized spacial score (nSPS) is 13.4. The molecule has 1 unspecified atom stereocenters. The van der Waals surface area contributed by atoms with Crippen molar-refractivity contribution < 1.29 is 23.9 Å². The lowest BCUT2D eigenvalue weighted by molar-refractivity contribution is -0.123. The molecule has 2 aromatic carbocycles. The number of carbonyl (C=O) groups is 3. The Morgan fingerprint density at radius 2 is 1.65 bits per heavy atom. The average Bonchev–Trinajstić information content (AvgIpc) is 3.33. The quantitative estimate of drug-likeness (QED) is 0.300. The second-order valence-electron chi connectivity index (χ2n) is 9.67. The number of aryl methyl sites for hydroxylation is 1. The Morgan fingerprint density at radius 3 is 2.38 bits per heavy atom. The Bertz CT molecular complexity index is 1670. The van der Waals surface area contributed by atoms with Crippen LogP contribution >= 0.6 is 11.3 Å². The van der Waals surface area contributed by atoms with Crippen LogP contribution in [0.2, 0.25) is 0 Å². The molecule has 2 aromatic heterocycles. The Labute approximate surface area is 235 Å². The van der Waals surface area contributed by atoms with Crippen molar-refractivity contribution in [1.29, 1.82) is 0 Å². The Balaban J connectivity index is 1.47. The lowest BCUT2D eigenvalue weighted by atomic mass is 9.95. The van der Waals surface area contributed by atoms with Crippen molar-refractivity contribution in [2.24, 2.45) is 7.05 Å². The summed E-state index contributed by atoms with van der Waals surface area (Å²) < 4.78 is 12.2. The largest absolute Gasteiger partial charge is 0.462 e. The van der Waals surface area contributed by atoms with E-state index in [0.717, 1.165) is 41.7 Å². The van der Waals surface area contributed by atoms with Crippen LogP contribution in [-0.2, 0) is 34.2 Å². The predicted octanol–water partition coefficient (Wildman–Crippen LogP) is 5.51. The predicted molar refractivity (Wildman–Crippen MR) is 155 cm³/mol. The summed E-state index contributed by atoms with van der Waals surface area (Å²) in [5.74, 6) is -1.85. The number of ether oxygens (including phenoxy) is 2. The first-order chi connectivity index (χ1) is 19.3. The highest BCUT2D eigenvalue weighted by atomic mass is 32.1. The summed E-state index contributed by atoms with van der Waals surface area (Å²) in [6.45, 7) is 3.42. The number of nitrogens with zero attached hydrogens (tertiary/aromatic N) is 1. The fourth-order valence-corrected chi connectivity index (χ4v) is 6.44. The molecule has 0 bridgehead atoms. The van der Waals surface area contributed by atoms with E-state index in [9.17, 15) is 19.2 Å². The molecule has 4 aromatic rings. The summed E-state index contributed by atoms with van der Waals surface area (Å²) in [5, 5.41) is 4.29. The number of rotatable bonds is 7. The molecule has 5 rings (SSSR count). The maximum Gasteiger partial charge on any atom is 0.356 e. The van der Waals surface area contributed by atoms with Gasteiger partial charge in [-0.1, -0.05) is 48.5 Å². The monoisotopic (exact) mass is 558 g/mol. The SMILES string of the molecule is CCOC(=O)c1c(NC(=O)C(C)OC(=O)c2c(-c3ccccc3)c3ccccc3c(=O)n2C)sc2c1CCCC2. The zero-order chi connectivity index (χ0) is 28.4. The van der Waals surface area contributed by atoms with E-state index >= 15 is 0 Å². The molecular formula is C31H30N2O6S. The van der Waals surface area contributed by atoms with Gasteiger partial charge in [-0.3, -0.25) is 9.59 Å². The minimum atomic E-state index is -1.20. The number of nitrogens with one attached hydrogen (secondary N) is 1. The Morgan fingerprint density at radius 1 is 0.975 bits per heavy atom. The first-order valence-corrected chi connectivity index (χ1v) is 14.1. The lowest BCUT2D eigenvalue weighted by Gasteiger charge is -2.19. The number of hydrogen-bond acceptors (Lipinski definition) is 7. The fourth-order valence-electron chi connectivity index (χ4n) is 5.16. The van der Waals surface area contributed by atoms with Crippen molar-refractivity contribution in [3.05, 3.63) is 86.6 Å². The molecule has 1 atom stereocenters. The van der Waals surface area contributed by atoms with E-state index in [-0.39, 0.29) is 17.9 Å². The lowest BCUT2D eigenvalue weighted by Crippen LogP contribution is -2.33. The van der Waals surface area contributed by atoms with Crippen molar-refractivity contribution in [1.82, 2.24) is 4.57 Å². The first kappa shape index (κ1) is 27.3. The molecule has 2 heterocycles. The average molecular weight is 559 g/mol. The zero-order valence-electron chi connectivity index (χ0n) is 22.6. The molecule has 0 saturated carbocycles. The van der Waals surface area contributed by atoms with Gasteiger partial charge in [0.2, 0.25) is 0 Å². The van der Waals surface area contributed by atoms with E-state index in [1.165, 1.54) is 29.9 Å². The van der Waals surface area contributed by atoms with E-state index in [1.807, 2.05) is 30.3 Å². The highest BCUT2D eigenvalue weighted by Crippen LogP contribution is 2.39. The number of fused-ring (bicyclic) bond motifs is 2. The summed E-state index contributed by atoms with van der Waals surface area (Å²) in [4.78, 5) is 53.9. The molecular weight excluding hydrogens is 528 g/mol. The Hall–Kier alpha value is -4.24. The second-order valence-corrected chi connectivity index (χ2v) is 10.8. The van der Waals surface area contributed by atoms with Gasteiger partial charge in [0.05, 0.1) is 12.2 Å². The molecule has 0 spiro atoms. The van der Waals surface area contributed by atoms with Gasteiger partial charge >= 0.3 is 11.9 Å². The van der Waals surface area contributed by atoms with Crippen LogP contribution < -0.4 is 10.9 Å². The summed E-state index contributed by atoms with van der Waals surface area (Å²) in [6.07, 6.45) is 2.37. The fraction of sp³-hybridized carbons (Fsp3) is 0.290. The second kappa shape index (κ2) is 11.5. The molecule has 1 aliphatic carbocycles. The molecule has 40 heavy (non-hydrogen) atoms. The summed E-state index contributed by atoms with van der Waals surface area (Å²) >= 11 is 1.36. The van der Waals surface area contributed by atoms with Gasteiger partial charge < -0.3 is 19.4 Å². The third-order valence-corrected chi connectivity index (χ3v) is 8.31. The van der Waals surface area contributed by atoms with Crippen LogP contribution in [0, 0.1) is 0 Å². The smallest absolute Gasteiger partial charge is 0.356 e. The molecule has 1 N–H and O–H groups in total. The van der Waals surface area contributed by atoms with Crippen molar-refractivity contribution in [3.8, 4) is 11.1 Å². The summed E-state index contributed by atoms with van der Waals surface area (Å²) in [5.41, 5.74) is 2.30. The van der Waals surface area contributed by atoms with Gasteiger partial charge in [0, 0.05) is 22.9 Å². The maximum absolute atomic E-state index is 13.6. The number of benzene rings is 2. The van der Waals surface area contributed by atoms with Crippen LogP contribution in [0.15, 0.2) is 59.4 Å². The highest BCUT2D eigenvalue weighted by Gasteiger charge is 2.30. The van der Waals surface area contributed by atoms with Gasteiger partial charge in [0.25, 0.3) is 11.5 Å². The summed E-state index contributed by atoms with van der Waals surface area (Å²) in [6, 6.07) is 16.4. The number of anilines is 1. The number of carbonyl (C=O) groups excluding carboxylic acids is 3. The number of aromatic nitrogens is 1. The van der Waals surface area contributed by atoms with E-state index < -0.39 is 23.9 Å². The van der Waals surface area contributed by atoms with Crippen LogP contribution in [0.3, 0.4) is 0 Å². The van der Waals surface area contributed by atoms with E-state index in [0.29, 0.717) is 26.9 Å². The molecule has 1 aliphatic rings. The van der Waals surface area contributed by atoms with Gasteiger partial charge in [0.15, 0.2) is 6.10 Å². The molecule has 1 amide bonds. The molecule has 0 radical (unpaired) electrons. The first-order valence-electron chi connectivity index (χ1n) is 13.3. The van der Waals surface area contributed by atoms with Gasteiger partial charge in [-0.25, -0.2) is 9.59 Å². The standard InChI is InChI=1S/C31H30N2O6S/c1-4-38-30(36)25-22-16-10-11-17-23(22)40-28(25)32-27(34)18(2)39-31(37)26-24(19-12-6-5-7-13-19)20-14-8-9-15-21(20)29(35)33(26)3/h5-9,12-15,18H,4,10-11,16-17H2,1-3H3,(H,32,34). The highest BCUT2D eigenvalue weighted by molar-refractivity contribution is 7.17. The summed E-state index contributed by atoms with van der Waals surface area (Å²) in [7, 11) is 1.52. The van der Waals surface area contributed by atoms with Crippen molar-refractivity contribution in [2.75, 3.05) is 11.9 Å². The van der Waals surface area contributed by atoms with Gasteiger partial charge in [-0.15, -0.1) is 11.3 Å². The van der Waals surface area contributed by atoms with Crippen molar-refractivity contribution in [3.63, 3.8) is 0 Å². The minimum absolute atomic E-state index is 0.0494. The minimum Gasteiger partial charge on any atom is -0.462 e. The van der Waals surface area contributed by atoms with Crippen LogP contribution in [-0.4, -0.2) is 35.1 Å². The van der Waals surface area contributed by atoms with Crippen LogP contribution in [0.1, 0.15) is 58.0 Å².